The van der Waals surface area contributed by atoms with Gasteiger partial charge in [-0.3, -0.25) is 9.37 Å². The molecule has 0 amide bonds. The number of imidazole rings is 1. The number of rotatable bonds is 6. The van der Waals surface area contributed by atoms with Gasteiger partial charge in [0.15, 0.2) is 0 Å². The molecule has 0 N–H and O–H groups in total. The molecule has 11 rings (SSSR count). The summed E-state index contributed by atoms with van der Waals surface area (Å²) in [7, 11) is 0. The number of aromatic nitrogens is 4. The van der Waals surface area contributed by atoms with E-state index >= 15 is 0 Å². The summed E-state index contributed by atoms with van der Waals surface area (Å²) in [6.45, 7) is 8.95. The normalized spacial score (nSPS) is 11.4. The second-order valence-electron chi connectivity index (χ2n) is 15.8. The Balaban J connectivity index is 0.000000309. The minimum atomic E-state index is -0.291. The molecular weight excluding hydrogens is 962 g/mol. The molecule has 0 spiro atoms. The van der Waals surface area contributed by atoms with Crippen molar-refractivity contribution < 1.29 is 33.3 Å². The molecule has 6 aromatic carbocycles. The fourth-order valence-corrected chi connectivity index (χ4v) is 8.38. The minimum absolute atomic E-state index is 0. The van der Waals surface area contributed by atoms with E-state index in [0.29, 0.717) is 28.2 Å². The van der Waals surface area contributed by atoms with Crippen LogP contribution in [0.4, 0.5) is 4.39 Å². The molecule has 0 saturated heterocycles. The maximum atomic E-state index is 13.2. The van der Waals surface area contributed by atoms with Crippen LogP contribution in [0.15, 0.2) is 155 Å². The third-order valence-corrected chi connectivity index (χ3v) is 11.3. The first-order chi connectivity index (χ1) is 30.3. The van der Waals surface area contributed by atoms with Crippen molar-refractivity contribution in [1.82, 2.24) is 19.5 Å². The maximum Gasteiger partial charge on any atom is 0.217 e. The van der Waals surface area contributed by atoms with Crippen molar-refractivity contribution in [2.45, 2.75) is 39.5 Å². The van der Waals surface area contributed by atoms with Crippen LogP contribution >= 0.6 is 0 Å². The molecule has 9 heteroatoms. The summed E-state index contributed by atoms with van der Waals surface area (Å²) in [6, 6.07) is 53.5. The minimum Gasteiger partial charge on any atom is -0.486 e. The van der Waals surface area contributed by atoms with Crippen molar-refractivity contribution in [2.75, 3.05) is 0 Å². The first kappa shape index (κ1) is 41.1. The molecular formula is C54H38FIrN5O2-2. The maximum absolute atomic E-state index is 13.2. The van der Waals surface area contributed by atoms with Gasteiger partial charge >= 0.3 is 0 Å². The third kappa shape index (κ3) is 7.27. The van der Waals surface area contributed by atoms with Gasteiger partial charge in [0.25, 0.3) is 0 Å². The van der Waals surface area contributed by atoms with Crippen molar-refractivity contribution in [3.8, 4) is 45.5 Å². The van der Waals surface area contributed by atoms with E-state index in [-0.39, 0.29) is 37.8 Å². The van der Waals surface area contributed by atoms with Gasteiger partial charge in [-0.05, 0) is 82.8 Å². The van der Waals surface area contributed by atoms with Gasteiger partial charge in [-0.2, -0.15) is 5.26 Å². The number of benzene rings is 6. The first-order valence-corrected chi connectivity index (χ1v) is 20.6. The number of fused-ring (bicyclic) bond motifs is 7. The second kappa shape index (κ2) is 16.9. The van der Waals surface area contributed by atoms with Crippen LogP contribution in [0.2, 0.25) is 0 Å². The number of furan rings is 2. The van der Waals surface area contributed by atoms with Gasteiger partial charge in [-0.1, -0.05) is 105 Å². The smallest absolute Gasteiger partial charge is 0.217 e. The SMILES string of the molecule is CC(C)c1cc2c(oc3cc(-c4ccccc4)ccc32)c(C(C)C)c1-n1c(-c2[c-]ccc3c2oc2nc(C#N)ccc23)nc2ccccc21.Fc1ccc[c-]c1-c1ccccn1.[Ir]. The molecule has 5 heterocycles. The van der Waals surface area contributed by atoms with Crippen LogP contribution in [0.5, 0.6) is 0 Å². The van der Waals surface area contributed by atoms with Crippen LogP contribution in [0.1, 0.15) is 56.4 Å². The van der Waals surface area contributed by atoms with E-state index < -0.39 is 0 Å². The zero-order chi connectivity index (χ0) is 42.5. The molecule has 0 atom stereocenters. The molecule has 0 fully saturated rings. The zero-order valence-corrected chi connectivity index (χ0v) is 37.2. The van der Waals surface area contributed by atoms with Gasteiger partial charge in [0.2, 0.25) is 5.71 Å². The molecule has 309 valence electrons. The number of halogens is 1. The summed E-state index contributed by atoms with van der Waals surface area (Å²) in [5.41, 5.74) is 12.4. The Kier molecular flexibility index (Phi) is 11.0. The van der Waals surface area contributed by atoms with Crippen LogP contribution in [0, 0.1) is 29.3 Å². The number of nitriles is 1. The van der Waals surface area contributed by atoms with E-state index in [4.69, 9.17) is 13.8 Å². The molecule has 0 saturated carbocycles. The Hall–Kier alpha value is -7.24. The summed E-state index contributed by atoms with van der Waals surface area (Å²) < 4.78 is 28.8. The van der Waals surface area contributed by atoms with Gasteiger partial charge in [-0.15, -0.1) is 42.5 Å². The average molecular weight is 1000 g/mol. The van der Waals surface area contributed by atoms with E-state index in [9.17, 15) is 9.65 Å². The Morgan fingerprint density at radius 3 is 2.21 bits per heavy atom. The van der Waals surface area contributed by atoms with Crippen molar-refractivity contribution in [3.63, 3.8) is 0 Å². The topological polar surface area (TPSA) is 93.7 Å². The fourth-order valence-electron chi connectivity index (χ4n) is 8.38. The molecule has 0 aliphatic carbocycles. The van der Waals surface area contributed by atoms with Gasteiger partial charge in [-0.25, -0.2) is 4.98 Å². The Morgan fingerprint density at radius 1 is 0.667 bits per heavy atom. The Bertz CT molecular complexity index is 3510. The number of hydrogen-bond donors (Lipinski definition) is 0. The molecule has 0 bridgehead atoms. The molecule has 1 radical (unpaired) electrons. The summed E-state index contributed by atoms with van der Waals surface area (Å²) >= 11 is 0. The summed E-state index contributed by atoms with van der Waals surface area (Å²) in [5.74, 6) is 0.746. The average Bonchev–Trinajstić information content (AvgIpc) is 4.00. The van der Waals surface area contributed by atoms with Crippen LogP contribution < -0.4 is 0 Å². The van der Waals surface area contributed by atoms with Crippen LogP contribution in [-0.4, -0.2) is 19.5 Å². The van der Waals surface area contributed by atoms with Gasteiger partial charge in [0.05, 0.1) is 22.4 Å². The van der Waals surface area contributed by atoms with Gasteiger partial charge < -0.3 is 18.4 Å². The standard InChI is InChI=1S/C43H31N4O2.C11H7FN.Ir/c1-24(2)33-22-34-29-19-17-27(26-11-6-5-7-12-26)21-37(29)48-41(34)38(25(3)4)39(33)47-36-16-9-8-15-35(36)46-42(47)32-14-10-13-30-31-20-18-28(23-44)45-43(31)49-40(30)32;12-10-6-2-1-5-9(10)11-7-3-4-8-13-11;/h5-13,15-22,24-25H,1-4H3;1-4,6-8H;/q2*-1;. The van der Waals surface area contributed by atoms with Crippen molar-refractivity contribution in [3.05, 3.63) is 180 Å². The van der Waals surface area contributed by atoms with Crippen molar-refractivity contribution in [1.29, 1.82) is 5.26 Å². The Labute approximate surface area is 376 Å². The van der Waals surface area contributed by atoms with E-state index in [1.54, 1.807) is 36.5 Å². The van der Waals surface area contributed by atoms with Crippen LogP contribution in [0.25, 0.3) is 94.5 Å². The van der Waals surface area contributed by atoms with Crippen LogP contribution in [0.3, 0.4) is 0 Å². The Morgan fingerprint density at radius 2 is 1.44 bits per heavy atom. The second-order valence-corrected chi connectivity index (χ2v) is 15.8. The summed E-state index contributed by atoms with van der Waals surface area (Å²) in [5, 5.41) is 13.5. The van der Waals surface area contributed by atoms with Crippen LogP contribution in [-0.2, 0) is 20.1 Å². The summed E-state index contributed by atoms with van der Waals surface area (Å²) in [6.07, 6.45) is 1.63. The number of para-hydroxylation sites is 2. The molecule has 0 aliphatic heterocycles. The quantitative estimate of drug-likeness (QED) is 0.154. The van der Waals surface area contributed by atoms with E-state index in [1.165, 1.54) is 11.6 Å². The summed E-state index contributed by atoms with van der Waals surface area (Å²) in [4.78, 5) is 13.8. The predicted molar refractivity (Wildman–Crippen MR) is 244 cm³/mol. The zero-order valence-electron chi connectivity index (χ0n) is 34.8. The molecule has 7 nitrogen and oxygen atoms in total. The van der Waals surface area contributed by atoms with Gasteiger partial charge in [0, 0.05) is 59.5 Å². The molecule has 11 aromatic rings. The van der Waals surface area contributed by atoms with E-state index in [1.807, 2.05) is 42.5 Å². The first-order valence-electron chi connectivity index (χ1n) is 20.6. The molecule has 0 aliphatic rings. The largest absolute Gasteiger partial charge is 0.486 e. The van der Waals surface area contributed by atoms with Crippen molar-refractivity contribution >= 4 is 55.0 Å². The fraction of sp³-hybridized carbons (Fsp3) is 0.111. The number of hydrogen-bond acceptors (Lipinski definition) is 6. The van der Waals surface area contributed by atoms with E-state index in [2.05, 4.69) is 121 Å². The number of nitrogens with zero attached hydrogens (tertiary/aromatic N) is 5. The molecule has 0 unspecified atom stereocenters. The third-order valence-electron chi connectivity index (χ3n) is 11.3. The van der Waals surface area contributed by atoms with Gasteiger partial charge in [0.1, 0.15) is 22.9 Å². The van der Waals surface area contributed by atoms with Crippen molar-refractivity contribution in [2.24, 2.45) is 0 Å². The predicted octanol–water partition coefficient (Wildman–Crippen LogP) is 14.2. The molecule has 63 heavy (non-hydrogen) atoms. The molecule has 5 aromatic heterocycles. The number of pyridine rings is 2. The monoisotopic (exact) mass is 1000 g/mol. The van der Waals surface area contributed by atoms with E-state index in [0.717, 1.165) is 77.5 Å².